The van der Waals surface area contributed by atoms with Crippen molar-refractivity contribution in [2.24, 2.45) is 0 Å². The van der Waals surface area contributed by atoms with Crippen LogP contribution in [0.5, 0.6) is 0 Å². The average Bonchev–Trinajstić information content (AvgIpc) is 2.42. The van der Waals surface area contributed by atoms with Gasteiger partial charge in [-0.1, -0.05) is 37.6 Å². The third-order valence-corrected chi connectivity index (χ3v) is 4.49. The van der Waals surface area contributed by atoms with Gasteiger partial charge in [-0.15, -0.1) is 0 Å². The van der Waals surface area contributed by atoms with Crippen molar-refractivity contribution in [1.29, 1.82) is 0 Å². The van der Waals surface area contributed by atoms with Crippen LogP contribution >= 0.6 is 11.6 Å². The van der Waals surface area contributed by atoms with Crippen LogP contribution in [0.1, 0.15) is 13.8 Å². The van der Waals surface area contributed by atoms with Gasteiger partial charge in [-0.05, 0) is 12.1 Å². The van der Waals surface area contributed by atoms with Crippen LogP contribution in [0, 0.1) is 0 Å². The lowest BCUT2D eigenvalue weighted by molar-refractivity contribution is 0.677. The molecule has 1 heterocycles. The van der Waals surface area contributed by atoms with Gasteiger partial charge in [0, 0.05) is 5.25 Å². The summed E-state index contributed by atoms with van der Waals surface area (Å²) >= 11 is 5.97. The Bertz CT molecular complexity index is 700. The molecule has 0 bridgehead atoms. The van der Waals surface area contributed by atoms with Gasteiger partial charge in [0.2, 0.25) is 0 Å². The van der Waals surface area contributed by atoms with E-state index < -0.39 is 16.5 Å². The number of aromatic amines is 1. The number of benzene rings is 1. The summed E-state index contributed by atoms with van der Waals surface area (Å²) in [5.41, 5.74) is 0.141. The second-order valence-corrected chi connectivity index (χ2v) is 6.76. The summed E-state index contributed by atoms with van der Waals surface area (Å²) in [6.45, 7) is 3.77. The molecule has 0 amide bonds. The molecule has 1 unspecified atom stereocenters. The first-order valence-electron chi connectivity index (χ1n) is 6.00. The van der Waals surface area contributed by atoms with Crippen LogP contribution in [0.3, 0.4) is 0 Å². The molecular weight excluding hydrogens is 298 g/mol. The first kappa shape index (κ1) is 14.7. The zero-order valence-electron chi connectivity index (χ0n) is 11.0. The molecular formula is C13H14ClN3O2S. The standard InChI is InChI=1S/C13H14ClN3O2S/c1-8(2)20(19)11-6-4-3-5-10(11)16-12-9(14)7-15-13(18)17-12/h3-8H,1-2H3,(H2,15,16,17,18). The molecule has 0 saturated heterocycles. The van der Waals surface area contributed by atoms with Gasteiger partial charge in [0.05, 0.1) is 32.6 Å². The molecule has 2 N–H and O–H groups in total. The number of hydrogen-bond acceptors (Lipinski definition) is 4. The Labute approximate surface area is 123 Å². The monoisotopic (exact) mass is 311 g/mol. The van der Waals surface area contributed by atoms with Crippen LogP contribution in [-0.4, -0.2) is 19.4 Å². The zero-order chi connectivity index (χ0) is 14.7. The highest BCUT2D eigenvalue weighted by atomic mass is 35.5. The van der Waals surface area contributed by atoms with Gasteiger partial charge >= 0.3 is 5.69 Å². The van der Waals surface area contributed by atoms with Crippen LogP contribution in [0.2, 0.25) is 5.02 Å². The second-order valence-electron chi connectivity index (χ2n) is 4.38. The topological polar surface area (TPSA) is 74.8 Å². The molecule has 0 fully saturated rings. The number of rotatable bonds is 4. The number of hydrogen-bond donors (Lipinski definition) is 2. The molecule has 0 radical (unpaired) electrons. The molecule has 0 spiro atoms. The number of H-pyrrole nitrogens is 1. The van der Waals surface area contributed by atoms with E-state index in [1.165, 1.54) is 6.20 Å². The molecule has 7 heteroatoms. The number of anilines is 2. The lowest BCUT2D eigenvalue weighted by atomic mass is 10.3. The van der Waals surface area contributed by atoms with E-state index in [2.05, 4.69) is 15.3 Å². The van der Waals surface area contributed by atoms with E-state index in [0.717, 1.165) is 0 Å². The van der Waals surface area contributed by atoms with Gasteiger partial charge in [0.15, 0.2) is 0 Å². The van der Waals surface area contributed by atoms with Crippen LogP contribution in [0.25, 0.3) is 0 Å². The quantitative estimate of drug-likeness (QED) is 0.910. The van der Waals surface area contributed by atoms with Crippen molar-refractivity contribution in [2.75, 3.05) is 5.32 Å². The Balaban J connectivity index is 2.41. The summed E-state index contributed by atoms with van der Waals surface area (Å²) < 4.78 is 12.3. The minimum absolute atomic E-state index is 0.00934. The number of para-hydroxylation sites is 1. The van der Waals surface area contributed by atoms with Crippen molar-refractivity contribution in [2.45, 2.75) is 24.0 Å². The summed E-state index contributed by atoms with van der Waals surface area (Å²) in [5.74, 6) is 0.333. The molecule has 0 saturated carbocycles. The van der Waals surface area contributed by atoms with E-state index in [4.69, 9.17) is 11.6 Å². The maximum atomic E-state index is 12.3. The summed E-state index contributed by atoms with van der Waals surface area (Å²) in [5, 5.41) is 3.27. The Morgan fingerprint density at radius 2 is 2.05 bits per heavy atom. The smallest absolute Gasteiger partial charge is 0.339 e. The van der Waals surface area contributed by atoms with Gasteiger partial charge in [-0.2, -0.15) is 0 Å². The predicted molar refractivity (Wildman–Crippen MR) is 81.1 cm³/mol. The SMILES string of the molecule is CC(C)S(=O)c1ccccc1Nc1[nH]c(=O)ncc1Cl. The molecule has 0 aliphatic rings. The van der Waals surface area contributed by atoms with Crippen molar-refractivity contribution in [3.05, 3.63) is 46.0 Å². The molecule has 1 atom stereocenters. The summed E-state index contributed by atoms with van der Waals surface area (Å²) in [6, 6.07) is 7.20. The zero-order valence-corrected chi connectivity index (χ0v) is 12.6. The predicted octanol–water partition coefficient (Wildman–Crippen LogP) is 2.68. The Morgan fingerprint density at radius 1 is 1.35 bits per heavy atom. The highest BCUT2D eigenvalue weighted by Gasteiger charge is 2.14. The van der Waals surface area contributed by atoms with E-state index in [1.54, 1.807) is 12.1 Å². The minimum Gasteiger partial charge on any atom is -0.339 e. The fourth-order valence-electron chi connectivity index (χ4n) is 1.60. The fourth-order valence-corrected chi connectivity index (χ4v) is 2.80. The Morgan fingerprint density at radius 3 is 2.75 bits per heavy atom. The van der Waals surface area contributed by atoms with Crippen LogP contribution in [0.4, 0.5) is 11.5 Å². The van der Waals surface area contributed by atoms with Gasteiger partial charge in [-0.25, -0.2) is 9.78 Å². The van der Waals surface area contributed by atoms with Crippen molar-refractivity contribution >= 4 is 33.9 Å². The first-order valence-corrected chi connectivity index (χ1v) is 7.59. The van der Waals surface area contributed by atoms with Crippen molar-refractivity contribution in [3.63, 3.8) is 0 Å². The maximum Gasteiger partial charge on any atom is 0.346 e. The van der Waals surface area contributed by atoms with E-state index in [-0.39, 0.29) is 10.3 Å². The summed E-state index contributed by atoms with van der Waals surface area (Å²) in [6.07, 6.45) is 1.27. The van der Waals surface area contributed by atoms with E-state index in [9.17, 15) is 9.00 Å². The second kappa shape index (κ2) is 6.19. The normalized spacial score (nSPS) is 12.4. The molecule has 1 aromatic heterocycles. The molecule has 20 heavy (non-hydrogen) atoms. The third kappa shape index (κ3) is 3.26. The average molecular weight is 312 g/mol. The highest BCUT2D eigenvalue weighted by molar-refractivity contribution is 7.85. The lowest BCUT2D eigenvalue weighted by Crippen LogP contribution is -2.13. The Kier molecular flexibility index (Phi) is 4.57. The molecule has 1 aromatic carbocycles. The van der Waals surface area contributed by atoms with Crippen LogP contribution in [-0.2, 0) is 10.8 Å². The number of nitrogens with zero attached hydrogens (tertiary/aromatic N) is 1. The molecule has 2 rings (SSSR count). The fraction of sp³-hybridized carbons (Fsp3) is 0.231. The largest absolute Gasteiger partial charge is 0.346 e. The maximum absolute atomic E-state index is 12.3. The van der Waals surface area contributed by atoms with E-state index in [1.807, 2.05) is 26.0 Å². The van der Waals surface area contributed by atoms with Crippen molar-refractivity contribution in [1.82, 2.24) is 9.97 Å². The number of nitrogens with one attached hydrogen (secondary N) is 2. The van der Waals surface area contributed by atoms with Gasteiger partial charge in [0.25, 0.3) is 0 Å². The van der Waals surface area contributed by atoms with Gasteiger partial charge in [-0.3, -0.25) is 9.19 Å². The third-order valence-electron chi connectivity index (χ3n) is 2.56. The minimum atomic E-state index is -1.15. The molecule has 0 aliphatic heterocycles. The first-order chi connectivity index (χ1) is 9.49. The van der Waals surface area contributed by atoms with Gasteiger partial charge in [0.1, 0.15) is 5.82 Å². The van der Waals surface area contributed by atoms with Crippen LogP contribution in [0.15, 0.2) is 40.2 Å². The van der Waals surface area contributed by atoms with Crippen molar-refractivity contribution < 1.29 is 4.21 Å². The molecule has 5 nitrogen and oxygen atoms in total. The van der Waals surface area contributed by atoms with E-state index >= 15 is 0 Å². The summed E-state index contributed by atoms with van der Waals surface area (Å²) in [4.78, 5) is 17.9. The van der Waals surface area contributed by atoms with Gasteiger partial charge < -0.3 is 5.32 Å². The number of aromatic nitrogens is 2. The van der Waals surface area contributed by atoms with Crippen molar-refractivity contribution in [3.8, 4) is 0 Å². The lowest BCUT2D eigenvalue weighted by Gasteiger charge is -2.13. The highest BCUT2D eigenvalue weighted by Crippen LogP contribution is 2.26. The van der Waals surface area contributed by atoms with Crippen LogP contribution < -0.4 is 11.0 Å². The van der Waals surface area contributed by atoms with E-state index in [0.29, 0.717) is 16.4 Å². The summed E-state index contributed by atoms with van der Waals surface area (Å²) in [7, 11) is -1.15. The molecule has 0 aliphatic carbocycles. The molecule has 2 aromatic rings. The molecule has 106 valence electrons. The Hall–Kier alpha value is -1.66. The number of halogens is 1.